The fourth-order valence-electron chi connectivity index (χ4n) is 3.26. The topological polar surface area (TPSA) is 64.7 Å². The van der Waals surface area contributed by atoms with Gasteiger partial charge < -0.3 is 9.88 Å². The molecule has 0 bridgehead atoms. The average molecular weight is 339 g/mol. The molecular formula is C19H25N5O. The summed E-state index contributed by atoms with van der Waals surface area (Å²) in [5.74, 6) is 0.576. The molecule has 0 spiro atoms. The number of imidazole rings is 1. The van der Waals surface area contributed by atoms with Crippen molar-refractivity contribution in [3.8, 4) is 0 Å². The van der Waals surface area contributed by atoms with E-state index in [2.05, 4.69) is 34.9 Å². The normalized spacial score (nSPS) is 14.0. The number of carbonyl (C=O) groups excluding carboxylic acids is 1. The van der Waals surface area contributed by atoms with Crippen LogP contribution in [0.5, 0.6) is 0 Å². The molecule has 132 valence electrons. The molecular weight excluding hydrogens is 314 g/mol. The number of amides is 1. The van der Waals surface area contributed by atoms with Crippen molar-refractivity contribution in [2.45, 2.75) is 45.7 Å². The van der Waals surface area contributed by atoms with Crippen LogP contribution >= 0.6 is 0 Å². The molecule has 2 heterocycles. The van der Waals surface area contributed by atoms with Crippen molar-refractivity contribution in [3.63, 3.8) is 0 Å². The number of carbonyl (C=O) groups is 1. The Morgan fingerprint density at radius 3 is 2.48 bits per heavy atom. The Balaban J connectivity index is 1.87. The van der Waals surface area contributed by atoms with Crippen molar-refractivity contribution < 1.29 is 4.79 Å². The maximum atomic E-state index is 12.7. The molecule has 0 fully saturated rings. The molecule has 25 heavy (non-hydrogen) atoms. The van der Waals surface area contributed by atoms with E-state index in [-0.39, 0.29) is 23.9 Å². The molecule has 0 aliphatic carbocycles. The number of aryl methyl sites for hydroxylation is 1. The van der Waals surface area contributed by atoms with Crippen LogP contribution in [-0.2, 0) is 11.8 Å². The van der Waals surface area contributed by atoms with Crippen LogP contribution in [0, 0.1) is 0 Å². The van der Waals surface area contributed by atoms with Crippen LogP contribution in [0.1, 0.15) is 57.2 Å². The molecule has 2 aromatic heterocycles. The van der Waals surface area contributed by atoms with Crippen molar-refractivity contribution in [1.82, 2.24) is 24.6 Å². The molecule has 3 aromatic rings. The molecule has 1 N–H and O–H groups in total. The van der Waals surface area contributed by atoms with Gasteiger partial charge in [-0.05, 0) is 45.9 Å². The van der Waals surface area contributed by atoms with Crippen LogP contribution < -0.4 is 5.32 Å². The van der Waals surface area contributed by atoms with Crippen LogP contribution in [-0.4, -0.2) is 25.2 Å². The van der Waals surface area contributed by atoms with Gasteiger partial charge in [-0.25, -0.2) is 4.98 Å². The second-order valence-electron chi connectivity index (χ2n) is 6.75. The number of hydrogen-bond donors (Lipinski definition) is 1. The highest BCUT2D eigenvalue weighted by molar-refractivity contribution is 5.83. The van der Waals surface area contributed by atoms with Crippen LogP contribution in [0.25, 0.3) is 11.0 Å². The lowest BCUT2D eigenvalue weighted by Crippen LogP contribution is -2.33. The lowest BCUT2D eigenvalue weighted by atomic mass is 10.1. The summed E-state index contributed by atoms with van der Waals surface area (Å²) >= 11 is 0. The van der Waals surface area contributed by atoms with E-state index in [4.69, 9.17) is 4.98 Å². The third kappa shape index (κ3) is 3.16. The highest BCUT2D eigenvalue weighted by Gasteiger charge is 2.24. The molecule has 0 unspecified atom stereocenters. The van der Waals surface area contributed by atoms with Gasteiger partial charge in [0.15, 0.2) is 0 Å². The number of hydrogen-bond acceptors (Lipinski definition) is 3. The summed E-state index contributed by atoms with van der Waals surface area (Å²) in [4.78, 5) is 17.4. The van der Waals surface area contributed by atoms with Gasteiger partial charge in [-0.3, -0.25) is 9.48 Å². The maximum Gasteiger partial charge on any atom is 0.229 e. The van der Waals surface area contributed by atoms with E-state index in [0.29, 0.717) is 0 Å². The molecule has 0 saturated carbocycles. The van der Waals surface area contributed by atoms with E-state index in [1.165, 1.54) is 0 Å². The third-order valence-electron chi connectivity index (χ3n) is 4.58. The van der Waals surface area contributed by atoms with E-state index in [1.54, 1.807) is 10.9 Å². The van der Waals surface area contributed by atoms with Gasteiger partial charge in [0.05, 0.1) is 28.7 Å². The Hall–Kier alpha value is -2.63. The first-order valence-corrected chi connectivity index (χ1v) is 8.65. The van der Waals surface area contributed by atoms with Crippen molar-refractivity contribution in [1.29, 1.82) is 0 Å². The Morgan fingerprint density at radius 2 is 1.84 bits per heavy atom. The largest absolute Gasteiger partial charge is 0.346 e. The molecule has 6 heteroatoms. The standard InChI is InChI=1S/C19H25N5O/c1-12(2)24-17-9-7-6-8-15(17)22-18(24)14(4)21-19(25)13(3)16-10-11-20-23(16)5/h6-14H,1-5H3,(H,21,25)/t13-,14-/m0/s1. The zero-order valence-corrected chi connectivity index (χ0v) is 15.4. The summed E-state index contributed by atoms with van der Waals surface area (Å²) in [6.07, 6.45) is 1.71. The minimum Gasteiger partial charge on any atom is -0.346 e. The first kappa shape index (κ1) is 17.2. The van der Waals surface area contributed by atoms with E-state index in [0.717, 1.165) is 22.6 Å². The van der Waals surface area contributed by atoms with Gasteiger partial charge >= 0.3 is 0 Å². The first-order chi connectivity index (χ1) is 11.9. The lowest BCUT2D eigenvalue weighted by molar-refractivity contribution is -0.123. The molecule has 0 radical (unpaired) electrons. The number of benzene rings is 1. The molecule has 1 amide bonds. The monoisotopic (exact) mass is 339 g/mol. The van der Waals surface area contributed by atoms with Gasteiger partial charge in [0, 0.05) is 19.3 Å². The van der Waals surface area contributed by atoms with Gasteiger partial charge in [-0.1, -0.05) is 12.1 Å². The summed E-state index contributed by atoms with van der Waals surface area (Å²) in [6.45, 7) is 8.13. The highest BCUT2D eigenvalue weighted by Crippen LogP contribution is 2.25. The smallest absolute Gasteiger partial charge is 0.229 e. The zero-order chi connectivity index (χ0) is 18.1. The SMILES string of the molecule is CC(C)n1c([C@H](C)NC(=O)[C@@H](C)c2ccnn2C)nc2ccccc21. The predicted octanol–water partition coefficient (Wildman–Crippen LogP) is 3.33. The van der Waals surface area contributed by atoms with Gasteiger partial charge in [0.2, 0.25) is 5.91 Å². The van der Waals surface area contributed by atoms with E-state index in [9.17, 15) is 4.79 Å². The Kier molecular flexibility index (Phi) is 4.61. The number of para-hydroxylation sites is 2. The van der Waals surface area contributed by atoms with Crippen LogP contribution in [0.3, 0.4) is 0 Å². The highest BCUT2D eigenvalue weighted by atomic mass is 16.2. The average Bonchev–Trinajstić information content (AvgIpc) is 3.17. The van der Waals surface area contributed by atoms with Crippen molar-refractivity contribution in [2.75, 3.05) is 0 Å². The summed E-state index contributed by atoms with van der Waals surface area (Å²) in [6, 6.07) is 10.0. The van der Waals surface area contributed by atoms with Gasteiger partial charge in [0.1, 0.15) is 5.82 Å². The van der Waals surface area contributed by atoms with Gasteiger partial charge in [-0.15, -0.1) is 0 Å². The van der Waals surface area contributed by atoms with Crippen LogP contribution in [0.15, 0.2) is 36.5 Å². The molecule has 3 rings (SSSR count). The maximum absolute atomic E-state index is 12.7. The molecule has 0 aliphatic rings. The lowest BCUT2D eigenvalue weighted by Gasteiger charge is -2.20. The minimum absolute atomic E-state index is 0.0292. The summed E-state index contributed by atoms with van der Waals surface area (Å²) in [5, 5.41) is 7.25. The van der Waals surface area contributed by atoms with Crippen molar-refractivity contribution in [3.05, 3.63) is 48.0 Å². The Bertz CT molecular complexity index is 892. The Morgan fingerprint density at radius 1 is 1.12 bits per heavy atom. The summed E-state index contributed by atoms with van der Waals surface area (Å²) < 4.78 is 3.92. The van der Waals surface area contributed by atoms with Gasteiger partial charge in [0.25, 0.3) is 0 Å². The fourth-order valence-corrected chi connectivity index (χ4v) is 3.26. The van der Waals surface area contributed by atoms with Crippen molar-refractivity contribution in [2.24, 2.45) is 7.05 Å². The summed E-state index contributed by atoms with van der Waals surface area (Å²) in [5.41, 5.74) is 2.93. The molecule has 1 aromatic carbocycles. The quantitative estimate of drug-likeness (QED) is 0.775. The number of aromatic nitrogens is 4. The van der Waals surface area contributed by atoms with Crippen molar-refractivity contribution >= 4 is 16.9 Å². The van der Waals surface area contributed by atoms with Gasteiger partial charge in [-0.2, -0.15) is 5.10 Å². The molecule has 0 saturated heterocycles. The number of rotatable bonds is 5. The van der Waals surface area contributed by atoms with E-state index < -0.39 is 0 Å². The third-order valence-corrected chi connectivity index (χ3v) is 4.58. The Labute approximate surface area is 147 Å². The zero-order valence-electron chi connectivity index (χ0n) is 15.4. The molecule has 0 aliphatic heterocycles. The summed E-state index contributed by atoms with van der Waals surface area (Å²) in [7, 11) is 1.85. The van der Waals surface area contributed by atoms with Crippen LogP contribution in [0.4, 0.5) is 0 Å². The minimum atomic E-state index is -0.271. The van der Waals surface area contributed by atoms with Crippen LogP contribution in [0.2, 0.25) is 0 Å². The first-order valence-electron chi connectivity index (χ1n) is 8.65. The molecule has 2 atom stereocenters. The number of fused-ring (bicyclic) bond motifs is 1. The number of nitrogens with zero attached hydrogens (tertiary/aromatic N) is 4. The number of nitrogens with one attached hydrogen (secondary N) is 1. The second kappa shape index (κ2) is 6.70. The molecule has 6 nitrogen and oxygen atoms in total. The van der Waals surface area contributed by atoms with E-state index >= 15 is 0 Å². The fraction of sp³-hybridized carbons (Fsp3) is 0.421. The van der Waals surface area contributed by atoms with E-state index in [1.807, 2.05) is 45.2 Å². The second-order valence-corrected chi connectivity index (χ2v) is 6.75. The predicted molar refractivity (Wildman–Crippen MR) is 98.3 cm³/mol.